The third kappa shape index (κ3) is 4.12. The van der Waals surface area contributed by atoms with E-state index in [1.807, 2.05) is 60.3 Å². The van der Waals surface area contributed by atoms with Crippen LogP contribution in [0.1, 0.15) is 23.6 Å². The molecule has 2 aromatic carbocycles. The summed E-state index contributed by atoms with van der Waals surface area (Å²) >= 11 is 0. The Kier molecular flexibility index (Phi) is 4.93. The van der Waals surface area contributed by atoms with Crippen molar-refractivity contribution in [3.8, 4) is 0 Å². The topological polar surface area (TPSA) is 34.0 Å². The van der Waals surface area contributed by atoms with E-state index in [0.29, 0.717) is 0 Å². The van der Waals surface area contributed by atoms with Gasteiger partial charge in [0.25, 0.3) is 0 Å². The molecule has 1 N–H and O–H groups in total. The van der Waals surface area contributed by atoms with Crippen LogP contribution in [0.4, 0.5) is 14.5 Å². The molecule has 128 valence electrons. The van der Waals surface area contributed by atoms with Crippen molar-refractivity contribution in [1.29, 1.82) is 0 Å². The number of benzene rings is 2. The second-order valence-corrected chi connectivity index (χ2v) is 5.94. The van der Waals surface area contributed by atoms with Crippen LogP contribution in [-0.4, -0.2) is 10.5 Å². The van der Waals surface area contributed by atoms with Gasteiger partial charge in [-0.2, -0.15) is 0 Å². The third-order valence-corrected chi connectivity index (χ3v) is 4.00. The Bertz CT molecular complexity index is 875. The summed E-state index contributed by atoms with van der Waals surface area (Å²) in [6.45, 7) is 2.00. The summed E-state index contributed by atoms with van der Waals surface area (Å²) in [4.78, 5) is 12.4. The summed E-state index contributed by atoms with van der Waals surface area (Å²) in [6.07, 6.45) is 3.98. The Balaban J connectivity index is 1.80. The number of nitrogens with zero attached hydrogens (tertiary/aromatic N) is 1. The molecule has 1 aromatic heterocycles. The minimum atomic E-state index is -0.988. The molecule has 0 unspecified atom stereocenters. The summed E-state index contributed by atoms with van der Waals surface area (Å²) in [6, 6.07) is 14.9. The number of carbonyl (C=O) groups is 1. The van der Waals surface area contributed by atoms with Crippen LogP contribution in [0.2, 0.25) is 0 Å². The number of nitrogens with one attached hydrogen (secondary N) is 1. The second kappa shape index (κ2) is 7.30. The van der Waals surface area contributed by atoms with E-state index in [4.69, 9.17) is 0 Å². The average Bonchev–Trinajstić information content (AvgIpc) is 3.10. The first-order valence-electron chi connectivity index (χ1n) is 7.97. The molecule has 0 spiro atoms. The fraction of sp³-hybridized carbons (Fsp3) is 0.150. The molecule has 0 radical (unpaired) electrons. The molecule has 0 saturated carbocycles. The lowest BCUT2D eigenvalue weighted by molar-refractivity contribution is -0.116. The molecule has 3 aromatic rings. The molecule has 0 fully saturated rings. The van der Waals surface area contributed by atoms with Crippen LogP contribution in [0.15, 0.2) is 67.0 Å². The monoisotopic (exact) mass is 340 g/mol. The first kappa shape index (κ1) is 16.9. The van der Waals surface area contributed by atoms with Crippen molar-refractivity contribution >= 4 is 11.6 Å². The van der Waals surface area contributed by atoms with Crippen molar-refractivity contribution in [1.82, 2.24) is 4.57 Å². The van der Waals surface area contributed by atoms with Gasteiger partial charge in [0.2, 0.25) is 5.91 Å². The molecule has 3 nitrogen and oxygen atoms in total. The predicted molar refractivity (Wildman–Crippen MR) is 93.4 cm³/mol. The minimum absolute atomic E-state index is 0.178. The molecule has 0 aliphatic heterocycles. The van der Waals surface area contributed by atoms with Crippen LogP contribution in [0.3, 0.4) is 0 Å². The summed E-state index contributed by atoms with van der Waals surface area (Å²) in [7, 11) is 0. The fourth-order valence-corrected chi connectivity index (χ4v) is 2.79. The van der Waals surface area contributed by atoms with E-state index in [-0.39, 0.29) is 24.1 Å². The number of halogens is 2. The molecule has 1 atom stereocenters. The van der Waals surface area contributed by atoms with Gasteiger partial charge in [0.15, 0.2) is 11.6 Å². The molecule has 0 aliphatic rings. The maximum absolute atomic E-state index is 13.3. The number of anilines is 1. The van der Waals surface area contributed by atoms with Gasteiger partial charge in [-0.25, -0.2) is 8.78 Å². The number of rotatable bonds is 5. The Hall–Kier alpha value is -2.95. The Morgan fingerprint density at radius 3 is 2.48 bits per heavy atom. The molecule has 5 heteroatoms. The van der Waals surface area contributed by atoms with E-state index in [2.05, 4.69) is 5.32 Å². The summed E-state index contributed by atoms with van der Waals surface area (Å²) in [5.41, 5.74) is 2.35. The number of amides is 1. The highest BCUT2D eigenvalue weighted by atomic mass is 19.2. The number of aryl methyl sites for hydroxylation is 1. The predicted octanol–water partition coefficient (Wildman–Crippen LogP) is 4.69. The highest BCUT2D eigenvalue weighted by Crippen LogP contribution is 2.24. The lowest BCUT2D eigenvalue weighted by Gasteiger charge is -2.20. The quantitative estimate of drug-likeness (QED) is 0.718. The van der Waals surface area contributed by atoms with Crippen molar-refractivity contribution in [3.63, 3.8) is 0 Å². The molecule has 0 bridgehead atoms. The van der Waals surface area contributed by atoms with Gasteiger partial charge in [0, 0.05) is 24.1 Å². The number of aromatic nitrogens is 1. The first-order valence-corrected chi connectivity index (χ1v) is 7.97. The number of hydrogen-bond acceptors (Lipinski definition) is 1. The van der Waals surface area contributed by atoms with E-state index in [1.165, 1.54) is 6.07 Å². The number of hydrogen-bond donors (Lipinski definition) is 1. The van der Waals surface area contributed by atoms with E-state index >= 15 is 0 Å². The zero-order valence-corrected chi connectivity index (χ0v) is 13.7. The van der Waals surface area contributed by atoms with Gasteiger partial charge < -0.3 is 9.88 Å². The minimum Gasteiger partial charge on any atom is -0.346 e. The van der Waals surface area contributed by atoms with E-state index in [9.17, 15) is 13.6 Å². The lowest BCUT2D eigenvalue weighted by Crippen LogP contribution is -2.19. The Labute approximate surface area is 144 Å². The van der Waals surface area contributed by atoms with Gasteiger partial charge in [0.1, 0.15) is 0 Å². The van der Waals surface area contributed by atoms with Crippen LogP contribution in [0.25, 0.3) is 0 Å². The second-order valence-electron chi connectivity index (χ2n) is 5.94. The third-order valence-electron chi connectivity index (χ3n) is 4.00. The molecule has 0 saturated heterocycles. The molecule has 3 rings (SSSR count). The van der Waals surface area contributed by atoms with Crippen LogP contribution in [0, 0.1) is 18.6 Å². The maximum Gasteiger partial charge on any atom is 0.226 e. The maximum atomic E-state index is 13.3. The molecule has 0 aliphatic carbocycles. The van der Waals surface area contributed by atoms with Crippen LogP contribution >= 0.6 is 0 Å². The Morgan fingerprint density at radius 2 is 1.80 bits per heavy atom. The van der Waals surface area contributed by atoms with Gasteiger partial charge in [-0.3, -0.25) is 4.79 Å². The van der Waals surface area contributed by atoms with Gasteiger partial charge in [-0.1, -0.05) is 29.8 Å². The molecule has 1 amide bonds. The summed E-state index contributed by atoms with van der Waals surface area (Å²) in [5, 5.41) is 2.63. The first-order chi connectivity index (χ1) is 12.0. The van der Waals surface area contributed by atoms with Crippen LogP contribution in [-0.2, 0) is 4.79 Å². The fourth-order valence-electron chi connectivity index (χ4n) is 2.79. The van der Waals surface area contributed by atoms with Crippen molar-refractivity contribution < 1.29 is 13.6 Å². The summed E-state index contributed by atoms with van der Waals surface area (Å²) < 4.78 is 28.3. The molecular formula is C20H18F2N2O. The molecule has 1 heterocycles. The van der Waals surface area contributed by atoms with E-state index in [0.717, 1.165) is 23.3 Å². The van der Waals surface area contributed by atoms with Crippen molar-refractivity contribution in [2.75, 3.05) is 5.32 Å². The molecular weight excluding hydrogens is 322 g/mol. The Morgan fingerprint density at radius 1 is 1.04 bits per heavy atom. The smallest absolute Gasteiger partial charge is 0.226 e. The normalized spacial score (nSPS) is 12.0. The molecule has 25 heavy (non-hydrogen) atoms. The zero-order chi connectivity index (χ0) is 17.8. The van der Waals surface area contributed by atoms with Crippen LogP contribution < -0.4 is 5.32 Å². The standard InChI is InChI=1S/C20H18F2N2O/c1-14-5-4-6-15(11-14)19(24-9-2-3-10-24)13-20(25)23-16-7-8-17(21)18(22)12-16/h2-12,19H,13H2,1H3,(H,23,25)/t19-/m1/s1. The highest BCUT2D eigenvalue weighted by Gasteiger charge is 2.18. The zero-order valence-electron chi connectivity index (χ0n) is 13.7. The van der Waals surface area contributed by atoms with E-state index in [1.54, 1.807) is 0 Å². The lowest BCUT2D eigenvalue weighted by atomic mass is 10.0. The van der Waals surface area contributed by atoms with E-state index < -0.39 is 11.6 Å². The SMILES string of the molecule is Cc1cccc([C@@H](CC(=O)Nc2ccc(F)c(F)c2)n2cccc2)c1. The summed E-state index contributed by atoms with van der Waals surface area (Å²) in [5.74, 6) is -2.20. The largest absolute Gasteiger partial charge is 0.346 e. The van der Waals surface area contributed by atoms with Gasteiger partial charge in [-0.05, 0) is 36.8 Å². The van der Waals surface area contributed by atoms with Crippen molar-refractivity contribution in [2.24, 2.45) is 0 Å². The van der Waals surface area contributed by atoms with Gasteiger partial charge in [0.05, 0.1) is 12.5 Å². The van der Waals surface area contributed by atoms with Gasteiger partial charge >= 0.3 is 0 Å². The van der Waals surface area contributed by atoms with Crippen LogP contribution in [0.5, 0.6) is 0 Å². The van der Waals surface area contributed by atoms with Gasteiger partial charge in [-0.15, -0.1) is 0 Å². The van der Waals surface area contributed by atoms with Crippen molar-refractivity contribution in [2.45, 2.75) is 19.4 Å². The number of carbonyl (C=O) groups excluding carboxylic acids is 1. The average molecular weight is 340 g/mol. The van der Waals surface area contributed by atoms with Crippen molar-refractivity contribution in [3.05, 3.63) is 89.8 Å². The highest BCUT2D eigenvalue weighted by molar-refractivity contribution is 5.91.